The van der Waals surface area contributed by atoms with Crippen LogP contribution in [0, 0.1) is 5.92 Å². The highest BCUT2D eigenvalue weighted by Crippen LogP contribution is 2.36. The number of rotatable bonds is 5. The molecule has 0 heterocycles. The number of hydrogen-bond donors (Lipinski definition) is 1. The van der Waals surface area contributed by atoms with Crippen molar-refractivity contribution < 1.29 is 0 Å². The van der Waals surface area contributed by atoms with E-state index in [0.717, 1.165) is 23.5 Å². The molecule has 2 heteroatoms. The monoisotopic (exact) mass is 277 g/mol. The summed E-state index contributed by atoms with van der Waals surface area (Å²) in [4.78, 5) is 0. The Morgan fingerprint density at radius 3 is 2.32 bits per heavy atom. The van der Waals surface area contributed by atoms with Crippen molar-refractivity contribution in [3.05, 3.63) is 34.9 Å². The highest BCUT2D eigenvalue weighted by Gasteiger charge is 2.28. The van der Waals surface area contributed by atoms with Crippen LogP contribution in [-0.4, -0.2) is 12.6 Å². The molecule has 2 aliphatic rings. The van der Waals surface area contributed by atoms with Gasteiger partial charge < -0.3 is 5.32 Å². The summed E-state index contributed by atoms with van der Waals surface area (Å²) in [6.45, 7) is 1.15. The highest BCUT2D eigenvalue weighted by molar-refractivity contribution is 6.30. The average Bonchev–Trinajstić information content (AvgIpc) is 3.26. The van der Waals surface area contributed by atoms with Crippen LogP contribution in [0.1, 0.15) is 56.4 Å². The van der Waals surface area contributed by atoms with Crippen LogP contribution in [0.4, 0.5) is 0 Å². The third kappa shape index (κ3) is 3.73. The molecule has 19 heavy (non-hydrogen) atoms. The summed E-state index contributed by atoms with van der Waals surface area (Å²) in [5.41, 5.74) is 1.48. The molecule has 0 spiro atoms. The number of halogens is 1. The van der Waals surface area contributed by atoms with Gasteiger partial charge in [0.15, 0.2) is 0 Å². The Morgan fingerprint density at radius 1 is 1.00 bits per heavy atom. The molecule has 0 aromatic heterocycles. The highest BCUT2D eigenvalue weighted by atomic mass is 35.5. The van der Waals surface area contributed by atoms with Crippen LogP contribution in [0.2, 0.25) is 5.02 Å². The Kier molecular flexibility index (Phi) is 4.45. The molecule has 2 fully saturated rings. The second-order valence-corrected chi connectivity index (χ2v) is 6.68. The summed E-state index contributed by atoms with van der Waals surface area (Å²) in [6.07, 6.45) is 9.81. The van der Waals surface area contributed by atoms with Crippen LogP contribution in [0.15, 0.2) is 24.3 Å². The Morgan fingerprint density at radius 2 is 1.68 bits per heavy atom. The Balaban J connectivity index is 1.71. The van der Waals surface area contributed by atoms with Gasteiger partial charge in [-0.05, 0) is 55.2 Å². The lowest BCUT2D eigenvalue weighted by Crippen LogP contribution is -2.29. The molecule has 1 aromatic carbocycles. The molecule has 1 unspecified atom stereocenters. The smallest absolute Gasteiger partial charge is 0.0406 e. The van der Waals surface area contributed by atoms with E-state index in [1.807, 2.05) is 12.1 Å². The van der Waals surface area contributed by atoms with Gasteiger partial charge in [0, 0.05) is 17.6 Å². The zero-order chi connectivity index (χ0) is 13.1. The summed E-state index contributed by atoms with van der Waals surface area (Å²) in [5.74, 6) is 1.54. The summed E-state index contributed by atoms with van der Waals surface area (Å²) in [7, 11) is 0. The van der Waals surface area contributed by atoms with Crippen molar-refractivity contribution in [2.75, 3.05) is 6.54 Å². The molecule has 2 saturated carbocycles. The van der Waals surface area contributed by atoms with E-state index in [9.17, 15) is 0 Å². The fraction of sp³-hybridized carbons (Fsp3) is 0.647. The van der Waals surface area contributed by atoms with E-state index in [0.29, 0.717) is 5.92 Å². The molecule has 1 atom stereocenters. The first kappa shape index (κ1) is 13.5. The van der Waals surface area contributed by atoms with Crippen molar-refractivity contribution in [1.29, 1.82) is 0 Å². The van der Waals surface area contributed by atoms with Crippen molar-refractivity contribution in [2.45, 2.75) is 56.9 Å². The van der Waals surface area contributed by atoms with Gasteiger partial charge in [0.1, 0.15) is 0 Å². The van der Waals surface area contributed by atoms with Crippen LogP contribution in [0.3, 0.4) is 0 Å². The zero-order valence-electron chi connectivity index (χ0n) is 11.6. The molecule has 0 aliphatic heterocycles. The van der Waals surface area contributed by atoms with Crippen LogP contribution < -0.4 is 5.32 Å². The Labute approximate surface area is 121 Å². The van der Waals surface area contributed by atoms with Gasteiger partial charge in [0.25, 0.3) is 0 Å². The molecule has 1 nitrogen and oxygen atoms in total. The second-order valence-electron chi connectivity index (χ2n) is 6.24. The van der Waals surface area contributed by atoms with E-state index in [1.165, 1.54) is 50.5 Å². The van der Waals surface area contributed by atoms with Gasteiger partial charge in [-0.15, -0.1) is 0 Å². The third-order valence-electron chi connectivity index (χ3n) is 4.72. The van der Waals surface area contributed by atoms with Crippen molar-refractivity contribution in [1.82, 2.24) is 5.32 Å². The predicted molar refractivity (Wildman–Crippen MR) is 81.8 cm³/mol. The van der Waals surface area contributed by atoms with Gasteiger partial charge in [0.05, 0.1) is 0 Å². The first-order valence-electron chi connectivity index (χ1n) is 7.82. The first-order valence-corrected chi connectivity index (χ1v) is 8.19. The molecule has 0 radical (unpaired) electrons. The van der Waals surface area contributed by atoms with Crippen LogP contribution in [0.25, 0.3) is 0 Å². The fourth-order valence-corrected chi connectivity index (χ4v) is 3.51. The summed E-state index contributed by atoms with van der Waals surface area (Å²) >= 11 is 6.02. The summed E-state index contributed by atoms with van der Waals surface area (Å²) in [6, 6.07) is 9.36. The van der Waals surface area contributed by atoms with Gasteiger partial charge >= 0.3 is 0 Å². The number of nitrogens with one attached hydrogen (secondary N) is 1. The predicted octanol–water partition coefficient (Wildman–Crippen LogP) is 4.76. The van der Waals surface area contributed by atoms with Crippen molar-refractivity contribution in [3.8, 4) is 0 Å². The van der Waals surface area contributed by atoms with E-state index in [4.69, 9.17) is 11.6 Å². The molecular weight excluding hydrogens is 254 g/mol. The van der Waals surface area contributed by atoms with E-state index in [1.54, 1.807) is 0 Å². The largest absolute Gasteiger partial charge is 0.313 e. The molecule has 3 rings (SSSR count). The molecule has 1 aromatic rings. The van der Waals surface area contributed by atoms with Crippen LogP contribution in [0.5, 0.6) is 0 Å². The van der Waals surface area contributed by atoms with E-state index in [-0.39, 0.29) is 0 Å². The molecule has 2 aliphatic carbocycles. The minimum atomic E-state index is 0.679. The van der Waals surface area contributed by atoms with Gasteiger partial charge in [-0.25, -0.2) is 0 Å². The average molecular weight is 278 g/mol. The third-order valence-corrected chi connectivity index (χ3v) is 4.97. The number of benzene rings is 1. The van der Waals surface area contributed by atoms with Crippen molar-refractivity contribution in [2.24, 2.45) is 5.92 Å². The molecule has 0 amide bonds. The SMILES string of the molecule is Clc1ccc(C(CNC2CC2)C2CCCCC2)cc1. The maximum absolute atomic E-state index is 6.02. The van der Waals surface area contributed by atoms with E-state index >= 15 is 0 Å². The summed E-state index contributed by atoms with van der Waals surface area (Å²) in [5, 5.41) is 4.58. The van der Waals surface area contributed by atoms with E-state index < -0.39 is 0 Å². The second kappa shape index (κ2) is 6.28. The van der Waals surface area contributed by atoms with Gasteiger partial charge in [0.2, 0.25) is 0 Å². The van der Waals surface area contributed by atoms with Gasteiger partial charge in [-0.3, -0.25) is 0 Å². The van der Waals surface area contributed by atoms with Crippen LogP contribution >= 0.6 is 11.6 Å². The molecular formula is C17H24ClN. The maximum atomic E-state index is 6.02. The minimum Gasteiger partial charge on any atom is -0.313 e. The topological polar surface area (TPSA) is 12.0 Å². The standard InChI is InChI=1S/C17H24ClN/c18-15-8-6-14(7-9-15)17(12-19-16-10-11-16)13-4-2-1-3-5-13/h6-9,13,16-17,19H,1-5,10-12H2. The van der Waals surface area contributed by atoms with E-state index in [2.05, 4.69) is 17.4 Å². The van der Waals surface area contributed by atoms with Crippen molar-refractivity contribution >= 4 is 11.6 Å². The fourth-order valence-electron chi connectivity index (χ4n) is 3.38. The first-order chi connectivity index (χ1) is 9.33. The lowest BCUT2D eigenvalue weighted by molar-refractivity contribution is 0.296. The van der Waals surface area contributed by atoms with Crippen LogP contribution in [-0.2, 0) is 0 Å². The Hall–Kier alpha value is -0.530. The lowest BCUT2D eigenvalue weighted by Gasteiger charge is -2.31. The van der Waals surface area contributed by atoms with Gasteiger partial charge in [-0.2, -0.15) is 0 Å². The molecule has 1 N–H and O–H groups in total. The zero-order valence-corrected chi connectivity index (χ0v) is 12.3. The lowest BCUT2D eigenvalue weighted by atomic mass is 9.77. The molecule has 104 valence electrons. The minimum absolute atomic E-state index is 0.679. The number of hydrogen-bond acceptors (Lipinski definition) is 1. The normalized spacial score (nSPS) is 22.4. The maximum Gasteiger partial charge on any atom is 0.0406 e. The van der Waals surface area contributed by atoms with Crippen molar-refractivity contribution in [3.63, 3.8) is 0 Å². The Bertz CT molecular complexity index is 390. The summed E-state index contributed by atoms with van der Waals surface area (Å²) < 4.78 is 0. The molecule has 0 bridgehead atoms. The quantitative estimate of drug-likeness (QED) is 0.818. The molecule has 0 saturated heterocycles. The van der Waals surface area contributed by atoms with Gasteiger partial charge in [-0.1, -0.05) is 43.0 Å².